The van der Waals surface area contributed by atoms with E-state index in [1.165, 1.54) is 11.6 Å². The molecule has 4 aromatic rings. The van der Waals surface area contributed by atoms with Crippen molar-refractivity contribution in [2.75, 3.05) is 32.6 Å². The van der Waals surface area contributed by atoms with Crippen LogP contribution in [0, 0.1) is 0 Å². The number of methoxy groups -OCH3 is 1. The van der Waals surface area contributed by atoms with Crippen molar-refractivity contribution in [1.29, 1.82) is 0 Å². The fourth-order valence-electron chi connectivity index (χ4n) is 4.27. The maximum atomic E-state index is 14.5. The Morgan fingerprint density at radius 1 is 1.26 bits per heavy atom. The highest BCUT2D eigenvalue weighted by Gasteiger charge is 2.44. The molecule has 1 aliphatic heterocycles. The third kappa shape index (κ3) is 4.00. The van der Waals surface area contributed by atoms with Gasteiger partial charge in [0.25, 0.3) is 12.3 Å². The van der Waals surface area contributed by atoms with Gasteiger partial charge in [0, 0.05) is 18.3 Å². The van der Waals surface area contributed by atoms with Crippen LogP contribution in [0.3, 0.4) is 0 Å². The van der Waals surface area contributed by atoms with Crippen LogP contribution < -0.4 is 10.1 Å². The molecule has 9 nitrogen and oxygen atoms in total. The van der Waals surface area contributed by atoms with Gasteiger partial charge in [0.2, 0.25) is 11.8 Å². The minimum Gasteiger partial charge on any atom is -0.479 e. The topological polar surface area (TPSA) is 85.4 Å². The van der Waals surface area contributed by atoms with Gasteiger partial charge in [-0.05, 0) is 37.2 Å². The summed E-state index contributed by atoms with van der Waals surface area (Å²) < 4.78 is 62.9. The van der Waals surface area contributed by atoms with Gasteiger partial charge in [0.1, 0.15) is 17.6 Å². The van der Waals surface area contributed by atoms with Gasteiger partial charge in [0.15, 0.2) is 0 Å². The van der Waals surface area contributed by atoms with Crippen LogP contribution in [0.4, 0.5) is 23.5 Å². The van der Waals surface area contributed by atoms with E-state index in [-0.39, 0.29) is 24.8 Å². The summed E-state index contributed by atoms with van der Waals surface area (Å²) in [4.78, 5) is 5.91. The summed E-state index contributed by atoms with van der Waals surface area (Å²) in [6, 6.07) is 5.84. The van der Waals surface area contributed by atoms with Gasteiger partial charge in [-0.3, -0.25) is 0 Å². The smallest absolute Gasteiger partial charge is 0.280 e. The number of benzene rings is 1. The maximum absolute atomic E-state index is 14.5. The van der Waals surface area contributed by atoms with Gasteiger partial charge < -0.3 is 15.0 Å². The molecule has 0 saturated carbocycles. The predicted molar refractivity (Wildman–Crippen MR) is 117 cm³/mol. The normalized spacial score (nSPS) is 18.7. The van der Waals surface area contributed by atoms with Crippen molar-refractivity contribution < 1.29 is 22.3 Å². The zero-order chi connectivity index (χ0) is 24.0. The molecule has 3 aromatic heterocycles. The number of rotatable bonds is 6. The summed E-state index contributed by atoms with van der Waals surface area (Å²) in [6.07, 6.45) is -0.670. The standard InChI is InChI=1S/C21H22F4N8O/c1-31-7-6-16(21(24,25)11-31)26-20-27-19(34-2)18-13(5-8-32(18)29-20)12-3-4-14-15(9-12)33(30-28-14)10-17(22)23/h3-5,8-9,16-17H,6-7,10-11H2,1-2H3,(H,26,29). The van der Waals surface area contributed by atoms with Crippen LogP contribution in [0.15, 0.2) is 30.5 Å². The fraction of sp³-hybridized carbons (Fsp3) is 0.429. The molecule has 1 N–H and O–H groups in total. The van der Waals surface area contributed by atoms with Crippen LogP contribution in [0.25, 0.3) is 27.7 Å². The number of hydrogen-bond donors (Lipinski definition) is 1. The zero-order valence-electron chi connectivity index (χ0n) is 18.4. The van der Waals surface area contributed by atoms with E-state index in [0.717, 1.165) is 4.68 Å². The Hall–Kier alpha value is -3.48. The quantitative estimate of drug-likeness (QED) is 0.426. The Balaban J connectivity index is 1.52. The van der Waals surface area contributed by atoms with E-state index in [2.05, 4.69) is 25.7 Å². The maximum Gasteiger partial charge on any atom is 0.280 e. The van der Waals surface area contributed by atoms with Crippen LogP contribution in [-0.4, -0.2) is 80.1 Å². The Bertz CT molecular complexity index is 1340. The highest BCUT2D eigenvalue weighted by molar-refractivity contribution is 5.89. The van der Waals surface area contributed by atoms with E-state index in [1.54, 1.807) is 42.4 Å². The molecule has 1 aromatic carbocycles. The Labute approximate surface area is 191 Å². The van der Waals surface area contributed by atoms with E-state index in [9.17, 15) is 17.6 Å². The van der Waals surface area contributed by atoms with Crippen LogP contribution in [-0.2, 0) is 6.54 Å². The van der Waals surface area contributed by atoms with Gasteiger partial charge in [-0.15, -0.1) is 10.2 Å². The number of nitrogens with zero attached hydrogens (tertiary/aromatic N) is 7. The third-order valence-corrected chi connectivity index (χ3v) is 5.90. The van der Waals surface area contributed by atoms with Crippen molar-refractivity contribution in [2.24, 2.45) is 0 Å². The summed E-state index contributed by atoms with van der Waals surface area (Å²) >= 11 is 0. The summed E-state index contributed by atoms with van der Waals surface area (Å²) in [6.45, 7) is -0.392. The second-order valence-corrected chi connectivity index (χ2v) is 8.32. The molecule has 0 spiro atoms. The summed E-state index contributed by atoms with van der Waals surface area (Å²) in [5.41, 5.74) is 2.83. The molecular weight excluding hydrogens is 456 g/mol. The van der Waals surface area contributed by atoms with Gasteiger partial charge in [-0.1, -0.05) is 11.3 Å². The molecule has 0 aliphatic carbocycles. The fourth-order valence-corrected chi connectivity index (χ4v) is 4.27. The Kier molecular flexibility index (Phi) is 5.50. The Morgan fingerprint density at radius 3 is 2.82 bits per heavy atom. The molecule has 1 atom stereocenters. The molecule has 5 rings (SSSR count). The van der Waals surface area contributed by atoms with Crippen molar-refractivity contribution in [3.8, 4) is 17.0 Å². The summed E-state index contributed by atoms with van der Waals surface area (Å²) in [5, 5.41) is 14.8. The summed E-state index contributed by atoms with van der Waals surface area (Å²) in [5.74, 6) is -2.73. The molecule has 0 amide bonds. The number of aromatic nitrogens is 6. The van der Waals surface area contributed by atoms with Gasteiger partial charge in [-0.25, -0.2) is 26.8 Å². The molecule has 13 heteroatoms. The number of nitrogens with one attached hydrogen (secondary N) is 1. The van der Waals surface area contributed by atoms with Crippen molar-refractivity contribution in [2.45, 2.75) is 31.4 Å². The van der Waals surface area contributed by atoms with E-state index >= 15 is 0 Å². The lowest BCUT2D eigenvalue weighted by atomic mass is 10.0. The largest absolute Gasteiger partial charge is 0.479 e. The minimum atomic E-state index is -2.94. The number of piperidine rings is 1. The lowest BCUT2D eigenvalue weighted by molar-refractivity contribution is -0.0675. The van der Waals surface area contributed by atoms with E-state index in [4.69, 9.17) is 4.74 Å². The van der Waals surface area contributed by atoms with Gasteiger partial charge >= 0.3 is 0 Å². The van der Waals surface area contributed by atoms with Crippen LogP contribution in [0.2, 0.25) is 0 Å². The molecule has 1 fully saturated rings. The number of fused-ring (bicyclic) bond motifs is 2. The van der Waals surface area contributed by atoms with Gasteiger partial charge in [0.05, 0.1) is 25.2 Å². The zero-order valence-corrected chi connectivity index (χ0v) is 18.4. The van der Waals surface area contributed by atoms with Crippen molar-refractivity contribution in [3.63, 3.8) is 0 Å². The monoisotopic (exact) mass is 478 g/mol. The SMILES string of the molecule is COc1nc(NC2CCN(C)CC2(F)F)nn2ccc(-c3ccc4nnn(CC(F)F)c4c3)c12. The molecule has 1 aliphatic rings. The highest BCUT2D eigenvalue weighted by atomic mass is 19.3. The molecule has 4 heterocycles. The molecule has 1 unspecified atom stereocenters. The number of alkyl halides is 4. The first-order valence-corrected chi connectivity index (χ1v) is 10.6. The van der Waals surface area contributed by atoms with Crippen molar-refractivity contribution in [3.05, 3.63) is 30.5 Å². The molecule has 34 heavy (non-hydrogen) atoms. The number of ether oxygens (including phenoxy) is 1. The first kappa shape index (κ1) is 22.3. The molecule has 180 valence electrons. The average Bonchev–Trinajstić information content (AvgIpc) is 3.38. The van der Waals surface area contributed by atoms with Crippen LogP contribution >= 0.6 is 0 Å². The van der Waals surface area contributed by atoms with Gasteiger partial charge in [-0.2, -0.15) is 4.98 Å². The number of halogens is 4. The second-order valence-electron chi connectivity index (χ2n) is 8.32. The number of hydrogen-bond acceptors (Lipinski definition) is 7. The molecule has 0 radical (unpaired) electrons. The number of anilines is 1. The van der Waals surface area contributed by atoms with Crippen LogP contribution in [0.5, 0.6) is 5.88 Å². The van der Waals surface area contributed by atoms with E-state index in [1.807, 2.05) is 0 Å². The first-order chi connectivity index (χ1) is 16.2. The third-order valence-electron chi connectivity index (χ3n) is 5.90. The second kappa shape index (κ2) is 8.38. The lowest BCUT2D eigenvalue weighted by Crippen LogP contribution is -2.53. The molecular formula is C21H22F4N8O. The summed E-state index contributed by atoms with van der Waals surface area (Å²) in [7, 11) is 3.09. The highest BCUT2D eigenvalue weighted by Crippen LogP contribution is 2.34. The average molecular weight is 478 g/mol. The van der Waals surface area contributed by atoms with Crippen LogP contribution in [0.1, 0.15) is 6.42 Å². The van der Waals surface area contributed by atoms with E-state index in [0.29, 0.717) is 34.2 Å². The molecule has 1 saturated heterocycles. The first-order valence-electron chi connectivity index (χ1n) is 10.6. The predicted octanol–water partition coefficient (Wildman–Crippen LogP) is 3.17. The van der Waals surface area contributed by atoms with Crippen molar-refractivity contribution >= 4 is 22.5 Å². The lowest BCUT2D eigenvalue weighted by Gasteiger charge is -2.36. The molecule has 0 bridgehead atoms. The minimum absolute atomic E-state index is 0.0235. The van der Waals surface area contributed by atoms with Crippen molar-refractivity contribution in [1.82, 2.24) is 34.5 Å². The number of likely N-dealkylation sites (tertiary alicyclic amines) is 1. The van der Waals surface area contributed by atoms with E-state index < -0.39 is 24.9 Å². The Morgan fingerprint density at radius 2 is 2.09 bits per heavy atom.